The molecule has 2 N–H and O–H groups in total. The molecule has 0 radical (unpaired) electrons. The molecular formula is C16H23N3OS. The second-order valence-corrected chi connectivity index (χ2v) is 6.10. The zero-order chi connectivity index (χ0) is 15.2. The first-order chi connectivity index (χ1) is 10.1. The van der Waals surface area contributed by atoms with Crippen molar-refractivity contribution in [2.24, 2.45) is 5.73 Å². The molecule has 1 aromatic heterocycles. The Morgan fingerprint density at radius 2 is 2.00 bits per heavy atom. The summed E-state index contributed by atoms with van der Waals surface area (Å²) in [4.78, 5) is 6.56. The van der Waals surface area contributed by atoms with Gasteiger partial charge in [-0.05, 0) is 38.6 Å². The summed E-state index contributed by atoms with van der Waals surface area (Å²) < 4.78 is 5.67. The summed E-state index contributed by atoms with van der Waals surface area (Å²) in [5.74, 6) is 0.895. The molecule has 0 aliphatic rings. The quantitative estimate of drug-likeness (QED) is 0.854. The minimum Gasteiger partial charge on any atom is -0.491 e. The molecule has 1 aromatic carbocycles. The van der Waals surface area contributed by atoms with E-state index in [1.807, 2.05) is 31.5 Å². The van der Waals surface area contributed by atoms with E-state index in [4.69, 9.17) is 10.5 Å². The van der Waals surface area contributed by atoms with Gasteiger partial charge in [0.1, 0.15) is 5.75 Å². The van der Waals surface area contributed by atoms with Crippen LogP contribution in [0.4, 0.5) is 0 Å². The number of nitrogens with two attached hydrogens (primary N) is 1. The third-order valence-electron chi connectivity index (χ3n) is 3.29. The lowest BCUT2D eigenvalue weighted by molar-refractivity contribution is 0.236. The number of hydrogen-bond acceptors (Lipinski definition) is 5. The van der Waals surface area contributed by atoms with Crippen LogP contribution in [-0.2, 0) is 6.54 Å². The topological polar surface area (TPSA) is 51.4 Å². The van der Waals surface area contributed by atoms with Crippen LogP contribution in [0.5, 0.6) is 5.75 Å². The van der Waals surface area contributed by atoms with Gasteiger partial charge in [-0.15, -0.1) is 11.3 Å². The van der Waals surface area contributed by atoms with Gasteiger partial charge in [-0.25, -0.2) is 4.98 Å². The number of likely N-dealkylation sites (N-methyl/N-ethyl adjacent to an activating group) is 1. The monoisotopic (exact) mass is 305 g/mol. The Morgan fingerprint density at radius 1 is 1.29 bits per heavy atom. The number of benzene rings is 1. The van der Waals surface area contributed by atoms with E-state index in [0.717, 1.165) is 18.0 Å². The van der Waals surface area contributed by atoms with Crippen molar-refractivity contribution in [3.63, 3.8) is 0 Å². The SMILES string of the molecule is CC(C)Oc1ccc(C(CN)N(C)Cc2cscn2)cc1. The summed E-state index contributed by atoms with van der Waals surface area (Å²) in [6.45, 7) is 5.43. The number of thiazole rings is 1. The molecule has 0 spiro atoms. The first-order valence-corrected chi connectivity index (χ1v) is 8.08. The smallest absolute Gasteiger partial charge is 0.119 e. The van der Waals surface area contributed by atoms with Gasteiger partial charge >= 0.3 is 0 Å². The van der Waals surface area contributed by atoms with Gasteiger partial charge in [0, 0.05) is 24.5 Å². The summed E-state index contributed by atoms with van der Waals surface area (Å²) in [5.41, 5.74) is 10.1. The molecule has 114 valence electrons. The minimum atomic E-state index is 0.180. The second kappa shape index (κ2) is 7.54. The Hall–Kier alpha value is -1.43. The van der Waals surface area contributed by atoms with Crippen LogP contribution in [0.25, 0.3) is 0 Å². The summed E-state index contributed by atoms with van der Waals surface area (Å²) in [5, 5.41) is 2.07. The highest BCUT2D eigenvalue weighted by Gasteiger charge is 2.16. The predicted molar refractivity (Wildman–Crippen MR) is 87.6 cm³/mol. The van der Waals surface area contributed by atoms with Crippen molar-refractivity contribution < 1.29 is 4.74 Å². The number of nitrogens with zero attached hydrogens (tertiary/aromatic N) is 2. The average molecular weight is 305 g/mol. The van der Waals surface area contributed by atoms with Crippen LogP contribution in [0.3, 0.4) is 0 Å². The fourth-order valence-corrected chi connectivity index (χ4v) is 2.84. The van der Waals surface area contributed by atoms with Crippen molar-refractivity contribution in [3.8, 4) is 5.75 Å². The van der Waals surface area contributed by atoms with Crippen molar-refractivity contribution >= 4 is 11.3 Å². The standard InChI is InChI=1S/C16H23N3OS/c1-12(2)20-15-6-4-13(5-7-15)16(8-17)19(3)9-14-10-21-11-18-14/h4-7,10-12,16H,8-9,17H2,1-3H3. The Bertz CT molecular complexity index is 525. The van der Waals surface area contributed by atoms with Gasteiger partial charge in [0.25, 0.3) is 0 Å². The molecule has 1 unspecified atom stereocenters. The molecule has 1 heterocycles. The Morgan fingerprint density at radius 3 is 2.52 bits per heavy atom. The molecule has 0 saturated heterocycles. The van der Waals surface area contributed by atoms with Crippen LogP contribution in [0.2, 0.25) is 0 Å². The van der Waals surface area contributed by atoms with E-state index in [-0.39, 0.29) is 12.1 Å². The van der Waals surface area contributed by atoms with Gasteiger partial charge in [-0.2, -0.15) is 0 Å². The Kier molecular flexibility index (Phi) is 5.73. The van der Waals surface area contributed by atoms with E-state index in [0.29, 0.717) is 6.54 Å². The fraction of sp³-hybridized carbons (Fsp3) is 0.438. The molecule has 0 aliphatic heterocycles. The van der Waals surface area contributed by atoms with Crippen LogP contribution < -0.4 is 10.5 Å². The van der Waals surface area contributed by atoms with Crippen molar-refractivity contribution in [2.75, 3.05) is 13.6 Å². The molecule has 2 rings (SSSR count). The number of hydrogen-bond donors (Lipinski definition) is 1. The third-order valence-corrected chi connectivity index (χ3v) is 3.92. The van der Waals surface area contributed by atoms with Crippen LogP contribution in [0, 0.1) is 0 Å². The average Bonchev–Trinajstić information content (AvgIpc) is 2.93. The lowest BCUT2D eigenvalue weighted by Gasteiger charge is -2.27. The largest absolute Gasteiger partial charge is 0.491 e. The summed E-state index contributed by atoms with van der Waals surface area (Å²) in [6.07, 6.45) is 0.188. The molecule has 1 atom stereocenters. The summed E-state index contributed by atoms with van der Waals surface area (Å²) >= 11 is 1.62. The number of rotatable bonds is 7. The second-order valence-electron chi connectivity index (χ2n) is 5.38. The lowest BCUT2D eigenvalue weighted by atomic mass is 10.1. The van der Waals surface area contributed by atoms with Gasteiger partial charge in [-0.3, -0.25) is 4.90 Å². The van der Waals surface area contributed by atoms with E-state index < -0.39 is 0 Å². The van der Waals surface area contributed by atoms with Crippen molar-refractivity contribution in [1.29, 1.82) is 0 Å². The van der Waals surface area contributed by atoms with Crippen molar-refractivity contribution in [3.05, 3.63) is 46.4 Å². The van der Waals surface area contributed by atoms with E-state index in [1.54, 1.807) is 11.3 Å². The molecule has 4 nitrogen and oxygen atoms in total. The van der Waals surface area contributed by atoms with E-state index in [9.17, 15) is 0 Å². The van der Waals surface area contributed by atoms with Gasteiger partial charge in [0.15, 0.2) is 0 Å². The number of aromatic nitrogens is 1. The van der Waals surface area contributed by atoms with Crippen molar-refractivity contribution in [1.82, 2.24) is 9.88 Å². The van der Waals surface area contributed by atoms with E-state index in [1.165, 1.54) is 5.56 Å². The van der Waals surface area contributed by atoms with Gasteiger partial charge in [-0.1, -0.05) is 12.1 Å². The lowest BCUT2D eigenvalue weighted by Crippen LogP contribution is -2.30. The molecule has 2 aromatic rings. The summed E-state index contributed by atoms with van der Waals surface area (Å²) in [7, 11) is 2.08. The first kappa shape index (κ1) is 15.9. The minimum absolute atomic E-state index is 0.180. The highest BCUT2D eigenvalue weighted by molar-refractivity contribution is 7.07. The predicted octanol–water partition coefficient (Wildman–Crippen LogP) is 3.06. The Labute approximate surface area is 130 Å². The molecule has 0 aliphatic carbocycles. The van der Waals surface area contributed by atoms with Crippen molar-refractivity contribution in [2.45, 2.75) is 32.5 Å². The van der Waals surface area contributed by atoms with Crippen LogP contribution in [0.1, 0.15) is 31.1 Å². The normalized spacial score (nSPS) is 12.9. The van der Waals surface area contributed by atoms with Gasteiger partial charge < -0.3 is 10.5 Å². The Balaban J connectivity index is 2.05. The van der Waals surface area contributed by atoms with E-state index in [2.05, 4.69) is 34.4 Å². The van der Waals surface area contributed by atoms with E-state index >= 15 is 0 Å². The maximum Gasteiger partial charge on any atom is 0.119 e. The highest BCUT2D eigenvalue weighted by Crippen LogP contribution is 2.23. The molecule has 0 amide bonds. The zero-order valence-electron chi connectivity index (χ0n) is 12.8. The number of ether oxygens (including phenoxy) is 1. The molecule has 21 heavy (non-hydrogen) atoms. The maximum atomic E-state index is 5.96. The van der Waals surface area contributed by atoms with Crippen LogP contribution in [-0.4, -0.2) is 29.6 Å². The maximum absolute atomic E-state index is 5.96. The summed E-state index contributed by atoms with van der Waals surface area (Å²) in [6, 6.07) is 8.38. The third kappa shape index (κ3) is 4.52. The molecule has 0 saturated carbocycles. The molecule has 5 heteroatoms. The highest BCUT2D eigenvalue weighted by atomic mass is 32.1. The first-order valence-electron chi connectivity index (χ1n) is 7.14. The van der Waals surface area contributed by atoms with Gasteiger partial charge in [0.2, 0.25) is 0 Å². The van der Waals surface area contributed by atoms with Crippen LogP contribution >= 0.6 is 11.3 Å². The zero-order valence-corrected chi connectivity index (χ0v) is 13.6. The molecule has 0 bridgehead atoms. The molecule has 0 fully saturated rings. The van der Waals surface area contributed by atoms with Gasteiger partial charge in [0.05, 0.1) is 17.3 Å². The fourth-order valence-electron chi connectivity index (χ4n) is 2.29. The van der Waals surface area contributed by atoms with Crippen LogP contribution in [0.15, 0.2) is 35.2 Å². The molecular weight excluding hydrogens is 282 g/mol.